The molecule has 2 rings (SSSR count). The fourth-order valence-corrected chi connectivity index (χ4v) is 2.58. The molecule has 0 unspecified atom stereocenters. The molecule has 2 aromatic carbocycles. The van der Waals surface area contributed by atoms with Gasteiger partial charge in [-0.05, 0) is 55.7 Å². The van der Waals surface area contributed by atoms with Gasteiger partial charge in [-0.3, -0.25) is 4.79 Å². The Morgan fingerprint density at radius 3 is 2.46 bits per heavy atom. The molecule has 5 nitrogen and oxygen atoms in total. The Morgan fingerprint density at radius 1 is 1.21 bits per heavy atom. The lowest BCUT2D eigenvalue weighted by Crippen LogP contribution is -2.15. The zero-order chi connectivity index (χ0) is 20.7. The Kier molecular flexibility index (Phi) is 7.10. The molecule has 0 aliphatic carbocycles. The van der Waals surface area contributed by atoms with Gasteiger partial charge in [0.25, 0.3) is 5.91 Å². The molecule has 0 bridgehead atoms. The maximum absolute atomic E-state index is 12.5. The first-order valence-electron chi connectivity index (χ1n) is 8.56. The van der Waals surface area contributed by atoms with Gasteiger partial charge >= 0.3 is 6.61 Å². The minimum Gasteiger partial charge on any atom is -0.490 e. The van der Waals surface area contributed by atoms with E-state index in [9.17, 15) is 18.8 Å². The van der Waals surface area contributed by atoms with Crippen LogP contribution in [0.15, 0.2) is 42.0 Å². The van der Waals surface area contributed by atoms with Crippen LogP contribution in [0.4, 0.5) is 14.5 Å². The molecule has 0 saturated carbocycles. The van der Waals surface area contributed by atoms with E-state index in [-0.39, 0.29) is 23.7 Å². The number of para-hydroxylation sites is 1. The standard InChI is InChI=1S/C21H20F2N2O3/c1-4-27-18-11-15(8-9-17(18)28-21(22)23)10-16(12-24)20(26)25-19-13(2)6-5-7-14(19)3/h5-11,21H,4H2,1-3H3,(H,25,26)/b16-10+. The van der Waals surface area contributed by atoms with Gasteiger partial charge in [0.1, 0.15) is 11.6 Å². The number of nitriles is 1. The predicted octanol–water partition coefficient (Wildman–Crippen LogP) is 4.85. The number of rotatable bonds is 7. The highest BCUT2D eigenvalue weighted by Gasteiger charge is 2.14. The lowest BCUT2D eigenvalue weighted by molar-refractivity contribution is -0.112. The fraction of sp³-hybridized carbons (Fsp3) is 0.238. The summed E-state index contributed by atoms with van der Waals surface area (Å²) in [5.41, 5.74) is 2.70. The second-order valence-electron chi connectivity index (χ2n) is 5.91. The molecule has 0 aliphatic rings. The first-order valence-corrected chi connectivity index (χ1v) is 8.56. The topological polar surface area (TPSA) is 71.3 Å². The summed E-state index contributed by atoms with van der Waals surface area (Å²) in [6.45, 7) is 2.67. The van der Waals surface area contributed by atoms with E-state index in [0.717, 1.165) is 11.1 Å². The smallest absolute Gasteiger partial charge is 0.387 e. The van der Waals surface area contributed by atoms with Crippen LogP contribution in [0.2, 0.25) is 0 Å². The van der Waals surface area contributed by atoms with Crippen molar-refractivity contribution < 1.29 is 23.0 Å². The molecule has 28 heavy (non-hydrogen) atoms. The third-order valence-electron chi connectivity index (χ3n) is 3.88. The van der Waals surface area contributed by atoms with Crippen molar-refractivity contribution in [1.82, 2.24) is 0 Å². The zero-order valence-corrected chi connectivity index (χ0v) is 15.8. The summed E-state index contributed by atoms with van der Waals surface area (Å²) in [5, 5.41) is 12.1. The quantitative estimate of drug-likeness (QED) is 0.545. The summed E-state index contributed by atoms with van der Waals surface area (Å²) < 4.78 is 34.7. The van der Waals surface area contributed by atoms with Gasteiger partial charge in [0.15, 0.2) is 11.5 Å². The third-order valence-corrected chi connectivity index (χ3v) is 3.88. The van der Waals surface area contributed by atoms with Crippen LogP contribution in [-0.4, -0.2) is 19.1 Å². The maximum atomic E-state index is 12.5. The van der Waals surface area contributed by atoms with Crippen LogP contribution >= 0.6 is 0 Å². The summed E-state index contributed by atoms with van der Waals surface area (Å²) in [6.07, 6.45) is 1.36. The SMILES string of the molecule is CCOc1cc(/C=C(\C#N)C(=O)Nc2c(C)cccc2C)ccc1OC(F)F. The molecular formula is C21H20F2N2O3. The van der Waals surface area contributed by atoms with Gasteiger partial charge in [-0.1, -0.05) is 24.3 Å². The number of hydrogen-bond donors (Lipinski definition) is 1. The number of ether oxygens (including phenoxy) is 2. The number of alkyl halides is 2. The van der Waals surface area contributed by atoms with Gasteiger partial charge < -0.3 is 14.8 Å². The van der Waals surface area contributed by atoms with E-state index in [1.54, 1.807) is 6.92 Å². The number of benzene rings is 2. The Morgan fingerprint density at radius 2 is 1.89 bits per heavy atom. The molecular weight excluding hydrogens is 366 g/mol. The molecule has 0 aliphatic heterocycles. The van der Waals surface area contributed by atoms with Crippen molar-refractivity contribution in [1.29, 1.82) is 5.26 Å². The van der Waals surface area contributed by atoms with Gasteiger partial charge in [-0.2, -0.15) is 14.0 Å². The number of carbonyl (C=O) groups excluding carboxylic acids is 1. The minimum atomic E-state index is -2.99. The number of hydrogen-bond acceptors (Lipinski definition) is 4. The summed E-state index contributed by atoms with van der Waals surface area (Å²) >= 11 is 0. The van der Waals surface area contributed by atoms with Crippen molar-refractivity contribution in [2.75, 3.05) is 11.9 Å². The first-order chi connectivity index (χ1) is 13.3. The van der Waals surface area contributed by atoms with Crippen LogP contribution in [0, 0.1) is 25.2 Å². The molecule has 0 radical (unpaired) electrons. The predicted molar refractivity (Wildman–Crippen MR) is 102 cm³/mol. The normalized spacial score (nSPS) is 11.1. The number of anilines is 1. The Balaban J connectivity index is 2.31. The molecule has 0 atom stereocenters. The Bertz CT molecular complexity index is 913. The van der Waals surface area contributed by atoms with Crippen molar-refractivity contribution in [2.45, 2.75) is 27.4 Å². The molecule has 146 valence electrons. The number of halogens is 2. The first kappa shape index (κ1) is 20.9. The van der Waals surface area contributed by atoms with Crippen molar-refractivity contribution in [3.05, 3.63) is 58.7 Å². The van der Waals surface area contributed by atoms with E-state index in [0.29, 0.717) is 11.3 Å². The van der Waals surface area contributed by atoms with Crippen molar-refractivity contribution in [3.63, 3.8) is 0 Å². The van der Waals surface area contributed by atoms with Crippen LogP contribution in [-0.2, 0) is 4.79 Å². The molecule has 0 spiro atoms. The molecule has 1 amide bonds. The Labute approximate surface area is 162 Å². The highest BCUT2D eigenvalue weighted by Crippen LogP contribution is 2.31. The molecule has 0 aromatic heterocycles. The van der Waals surface area contributed by atoms with Crippen molar-refractivity contribution >= 4 is 17.7 Å². The lowest BCUT2D eigenvalue weighted by atomic mass is 10.1. The number of nitrogens with zero attached hydrogens (tertiary/aromatic N) is 1. The number of nitrogens with one attached hydrogen (secondary N) is 1. The van der Waals surface area contributed by atoms with E-state index in [4.69, 9.17) is 4.74 Å². The highest BCUT2D eigenvalue weighted by molar-refractivity contribution is 6.10. The van der Waals surface area contributed by atoms with Crippen molar-refractivity contribution in [2.24, 2.45) is 0 Å². The van der Waals surface area contributed by atoms with E-state index < -0.39 is 12.5 Å². The van der Waals surface area contributed by atoms with Crippen LogP contribution < -0.4 is 14.8 Å². The van der Waals surface area contributed by atoms with Crippen LogP contribution in [0.25, 0.3) is 6.08 Å². The van der Waals surface area contributed by atoms with Gasteiger partial charge in [-0.25, -0.2) is 0 Å². The van der Waals surface area contributed by atoms with Crippen LogP contribution in [0.3, 0.4) is 0 Å². The number of carbonyl (C=O) groups is 1. The van der Waals surface area contributed by atoms with Gasteiger partial charge in [-0.15, -0.1) is 0 Å². The van der Waals surface area contributed by atoms with E-state index >= 15 is 0 Å². The molecule has 0 fully saturated rings. The van der Waals surface area contributed by atoms with E-state index in [2.05, 4.69) is 10.1 Å². The second kappa shape index (κ2) is 9.51. The summed E-state index contributed by atoms with van der Waals surface area (Å²) in [5.74, 6) is -0.581. The summed E-state index contributed by atoms with van der Waals surface area (Å²) in [6, 6.07) is 11.7. The average molecular weight is 386 g/mol. The van der Waals surface area contributed by atoms with Crippen LogP contribution in [0.5, 0.6) is 11.5 Å². The summed E-state index contributed by atoms with van der Waals surface area (Å²) in [7, 11) is 0. The average Bonchev–Trinajstić information content (AvgIpc) is 2.64. The van der Waals surface area contributed by atoms with Gasteiger partial charge in [0, 0.05) is 5.69 Å². The van der Waals surface area contributed by atoms with Gasteiger partial charge in [0.05, 0.1) is 6.61 Å². The number of aryl methyl sites for hydroxylation is 2. The second-order valence-corrected chi connectivity index (χ2v) is 5.91. The third kappa shape index (κ3) is 5.30. The molecule has 7 heteroatoms. The minimum absolute atomic E-state index is 0.101. The number of amides is 1. The molecule has 1 N–H and O–H groups in total. The molecule has 2 aromatic rings. The van der Waals surface area contributed by atoms with Crippen molar-refractivity contribution in [3.8, 4) is 17.6 Å². The van der Waals surface area contributed by atoms with E-state index in [1.165, 1.54) is 24.3 Å². The highest BCUT2D eigenvalue weighted by atomic mass is 19.3. The zero-order valence-electron chi connectivity index (χ0n) is 15.8. The van der Waals surface area contributed by atoms with Gasteiger partial charge in [0.2, 0.25) is 0 Å². The maximum Gasteiger partial charge on any atom is 0.387 e. The van der Waals surface area contributed by atoms with Crippen LogP contribution in [0.1, 0.15) is 23.6 Å². The lowest BCUT2D eigenvalue weighted by Gasteiger charge is -2.12. The monoisotopic (exact) mass is 386 g/mol. The fourth-order valence-electron chi connectivity index (χ4n) is 2.58. The molecule has 0 heterocycles. The largest absolute Gasteiger partial charge is 0.490 e. The molecule has 0 saturated heterocycles. The summed E-state index contributed by atoms with van der Waals surface area (Å²) in [4.78, 5) is 12.5. The Hall–Kier alpha value is -3.40. The van der Waals surface area contributed by atoms with E-state index in [1.807, 2.05) is 38.1 Å².